The molecule has 0 bridgehead atoms. The normalized spacial score (nSPS) is 11.0. The van der Waals surface area contributed by atoms with Crippen molar-refractivity contribution < 1.29 is 9.59 Å². The van der Waals surface area contributed by atoms with Gasteiger partial charge in [-0.25, -0.2) is 4.98 Å². The Labute approximate surface area is 169 Å². The van der Waals surface area contributed by atoms with E-state index in [1.54, 1.807) is 0 Å². The molecule has 2 N–H and O–H groups in total. The second-order valence-electron chi connectivity index (χ2n) is 7.12. The number of carbonyl (C=O) groups excluding carboxylic acids is 2. The van der Waals surface area contributed by atoms with Crippen LogP contribution in [0.5, 0.6) is 0 Å². The first kappa shape index (κ1) is 20.0. The fourth-order valence-electron chi connectivity index (χ4n) is 2.88. The van der Waals surface area contributed by atoms with E-state index in [0.29, 0.717) is 17.5 Å². The van der Waals surface area contributed by atoms with Gasteiger partial charge in [0.15, 0.2) is 5.13 Å². The Kier molecular flexibility index (Phi) is 6.41. The average molecular weight is 396 g/mol. The third kappa shape index (κ3) is 5.16. The van der Waals surface area contributed by atoms with Crippen molar-refractivity contribution in [1.82, 2.24) is 4.98 Å². The van der Waals surface area contributed by atoms with Crippen molar-refractivity contribution in [3.63, 3.8) is 0 Å². The smallest absolute Gasteiger partial charge is 0.228 e. The summed E-state index contributed by atoms with van der Waals surface area (Å²) in [5.74, 6) is 0.384. The van der Waals surface area contributed by atoms with E-state index in [1.165, 1.54) is 16.9 Å². The summed E-state index contributed by atoms with van der Waals surface area (Å²) in [5.41, 5.74) is 3.79. The molecule has 146 valence electrons. The van der Waals surface area contributed by atoms with Gasteiger partial charge in [-0.05, 0) is 47.7 Å². The van der Waals surface area contributed by atoms with Crippen LogP contribution in [-0.4, -0.2) is 16.8 Å². The van der Waals surface area contributed by atoms with Gasteiger partial charge in [-0.3, -0.25) is 9.59 Å². The maximum Gasteiger partial charge on any atom is 0.228 e. The molecule has 0 aliphatic heterocycles. The van der Waals surface area contributed by atoms with Crippen molar-refractivity contribution in [3.8, 4) is 0 Å². The fourth-order valence-corrected chi connectivity index (χ4v) is 3.83. The van der Waals surface area contributed by atoms with Crippen LogP contribution in [0.25, 0.3) is 10.2 Å². The van der Waals surface area contributed by atoms with Crippen LogP contribution >= 0.6 is 11.3 Å². The number of hydrogen-bond donors (Lipinski definition) is 2. The number of amides is 2. The Hall–Kier alpha value is -2.73. The van der Waals surface area contributed by atoms with Crippen LogP contribution in [0.15, 0.2) is 42.5 Å². The molecule has 2 aromatic carbocycles. The predicted molar refractivity (Wildman–Crippen MR) is 116 cm³/mol. The van der Waals surface area contributed by atoms with Crippen LogP contribution in [0.1, 0.15) is 50.7 Å². The Morgan fingerprint density at radius 1 is 1.04 bits per heavy atom. The second kappa shape index (κ2) is 8.97. The van der Waals surface area contributed by atoms with E-state index in [9.17, 15) is 9.59 Å². The van der Waals surface area contributed by atoms with Crippen LogP contribution in [0.3, 0.4) is 0 Å². The highest BCUT2D eigenvalue weighted by molar-refractivity contribution is 7.22. The van der Waals surface area contributed by atoms with Crippen molar-refractivity contribution in [2.24, 2.45) is 0 Å². The summed E-state index contributed by atoms with van der Waals surface area (Å²) in [6.45, 7) is 6.25. The summed E-state index contributed by atoms with van der Waals surface area (Å²) < 4.78 is 0.957. The molecular weight excluding hydrogens is 370 g/mol. The lowest BCUT2D eigenvalue weighted by Gasteiger charge is -2.08. The summed E-state index contributed by atoms with van der Waals surface area (Å²) in [5, 5.41) is 6.37. The number of fused-ring (bicyclic) bond motifs is 1. The minimum absolute atomic E-state index is 0.0235. The summed E-state index contributed by atoms with van der Waals surface area (Å²) in [6.07, 6.45) is 1.58. The summed E-state index contributed by atoms with van der Waals surface area (Å²) >= 11 is 1.43. The minimum atomic E-state index is -0.0577. The van der Waals surface area contributed by atoms with Crippen LogP contribution in [0.2, 0.25) is 0 Å². The summed E-state index contributed by atoms with van der Waals surface area (Å²) in [6, 6.07) is 13.7. The van der Waals surface area contributed by atoms with Gasteiger partial charge in [-0.2, -0.15) is 0 Å². The van der Waals surface area contributed by atoms with Gasteiger partial charge in [-0.1, -0.05) is 50.3 Å². The zero-order valence-corrected chi connectivity index (χ0v) is 17.2. The number of thiazole rings is 1. The first-order valence-corrected chi connectivity index (χ1v) is 10.4. The lowest BCUT2D eigenvalue weighted by molar-refractivity contribution is -0.116. The fraction of sp³-hybridized carbons (Fsp3) is 0.318. The molecule has 2 amide bonds. The molecule has 0 spiro atoms. The van der Waals surface area contributed by atoms with Crippen molar-refractivity contribution >= 4 is 44.2 Å². The Morgan fingerprint density at radius 3 is 2.46 bits per heavy atom. The van der Waals surface area contributed by atoms with E-state index in [4.69, 9.17) is 0 Å². The predicted octanol–water partition coefficient (Wildman–Crippen LogP) is 5.34. The van der Waals surface area contributed by atoms with E-state index in [-0.39, 0.29) is 18.2 Å². The van der Waals surface area contributed by atoms with Gasteiger partial charge in [0.05, 0.1) is 16.6 Å². The highest BCUT2D eigenvalue weighted by Gasteiger charge is 2.10. The molecule has 28 heavy (non-hydrogen) atoms. The molecule has 0 aliphatic rings. The first-order valence-electron chi connectivity index (χ1n) is 9.53. The molecule has 0 unspecified atom stereocenters. The maximum atomic E-state index is 12.4. The molecule has 1 aromatic heterocycles. The van der Waals surface area contributed by atoms with Gasteiger partial charge in [0, 0.05) is 12.1 Å². The van der Waals surface area contributed by atoms with Crippen LogP contribution in [0, 0.1) is 0 Å². The maximum absolute atomic E-state index is 12.4. The standard InChI is InChI=1S/C22H25N3O2S/c1-4-5-20(26)25-22-24-18-11-6-15(12-19(18)28-22)13-21(27)23-17-9-7-16(8-10-17)14(2)3/h6-12,14H,4-5,13H2,1-3H3,(H,23,27)(H,24,25,26). The Morgan fingerprint density at radius 2 is 1.79 bits per heavy atom. The Bertz CT molecular complexity index is 977. The molecule has 3 aromatic rings. The monoisotopic (exact) mass is 395 g/mol. The molecule has 5 nitrogen and oxygen atoms in total. The topological polar surface area (TPSA) is 71.1 Å². The van der Waals surface area contributed by atoms with E-state index in [1.807, 2.05) is 49.4 Å². The van der Waals surface area contributed by atoms with Crippen LogP contribution in [-0.2, 0) is 16.0 Å². The molecular formula is C22H25N3O2S. The third-order valence-electron chi connectivity index (χ3n) is 4.40. The SMILES string of the molecule is CCCC(=O)Nc1nc2ccc(CC(=O)Nc3ccc(C(C)C)cc3)cc2s1. The van der Waals surface area contributed by atoms with Gasteiger partial charge < -0.3 is 10.6 Å². The van der Waals surface area contributed by atoms with Gasteiger partial charge >= 0.3 is 0 Å². The molecule has 0 fully saturated rings. The highest BCUT2D eigenvalue weighted by Crippen LogP contribution is 2.27. The second-order valence-corrected chi connectivity index (χ2v) is 8.15. The Balaban J connectivity index is 1.64. The van der Waals surface area contributed by atoms with Crippen molar-refractivity contribution in [2.75, 3.05) is 10.6 Å². The number of anilines is 2. The zero-order valence-electron chi connectivity index (χ0n) is 16.4. The number of nitrogens with zero attached hydrogens (tertiary/aromatic N) is 1. The van der Waals surface area contributed by atoms with Gasteiger partial charge in [0.1, 0.15) is 0 Å². The molecule has 0 saturated carbocycles. The van der Waals surface area contributed by atoms with Crippen LogP contribution in [0.4, 0.5) is 10.8 Å². The van der Waals surface area contributed by atoms with Crippen molar-refractivity contribution in [3.05, 3.63) is 53.6 Å². The number of aromatic nitrogens is 1. The highest BCUT2D eigenvalue weighted by atomic mass is 32.1. The minimum Gasteiger partial charge on any atom is -0.326 e. The molecule has 0 aliphatic carbocycles. The molecule has 3 rings (SSSR count). The van der Waals surface area contributed by atoms with E-state index >= 15 is 0 Å². The van der Waals surface area contributed by atoms with E-state index < -0.39 is 0 Å². The largest absolute Gasteiger partial charge is 0.326 e. The van der Waals surface area contributed by atoms with Gasteiger partial charge in [0.2, 0.25) is 11.8 Å². The van der Waals surface area contributed by atoms with Gasteiger partial charge in [-0.15, -0.1) is 0 Å². The number of nitrogens with one attached hydrogen (secondary N) is 2. The average Bonchev–Trinajstić information content (AvgIpc) is 3.03. The van der Waals surface area contributed by atoms with Crippen LogP contribution < -0.4 is 10.6 Å². The van der Waals surface area contributed by atoms with Gasteiger partial charge in [0.25, 0.3) is 0 Å². The van der Waals surface area contributed by atoms with E-state index in [0.717, 1.165) is 27.9 Å². The van der Waals surface area contributed by atoms with Crippen molar-refractivity contribution in [2.45, 2.75) is 46.0 Å². The zero-order chi connectivity index (χ0) is 20.1. The van der Waals surface area contributed by atoms with E-state index in [2.05, 4.69) is 29.5 Å². The number of benzene rings is 2. The lowest BCUT2D eigenvalue weighted by atomic mass is 10.0. The summed E-state index contributed by atoms with van der Waals surface area (Å²) in [7, 11) is 0. The molecule has 0 atom stereocenters. The summed E-state index contributed by atoms with van der Waals surface area (Å²) in [4.78, 5) is 28.5. The number of rotatable bonds is 7. The van der Waals surface area contributed by atoms with Crippen molar-refractivity contribution in [1.29, 1.82) is 0 Å². The number of carbonyl (C=O) groups is 2. The molecule has 0 saturated heterocycles. The molecule has 6 heteroatoms. The number of hydrogen-bond acceptors (Lipinski definition) is 4. The molecule has 0 radical (unpaired) electrons. The quantitative estimate of drug-likeness (QED) is 0.567. The lowest BCUT2D eigenvalue weighted by Crippen LogP contribution is -2.14. The third-order valence-corrected chi connectivity index (χ3v) is 5.34. The molecule has 1 heterocycles. The first-order chi connectivity index (χ1) is 13.4.